The van der Waals surface area contributed by atoms with Crippen molar-refractivity contribution in [3.63, 3.8) is 0 Å². The van der Waals surface area contributed by atoms with E-state index in [0.717, 1.165) is 42.0 Å². The van der Waals surface area contributed by atoms with E-state index in [-0.39, 0.29) is 35.8 Å². The maximum absolute atomic E-state index is 13.5. The van der Waals surface area contributed by atoms with Gasteiger partial charge in [0, 0.05) is 25.1 Å². The van der Waals surface area contributed by atoms with Crippen molar-refractivity contribution in [1.29, 1.82) is 0 Å². The Bertz CT molecular complexity index is 1480. The highest BCUT2D eigenvalue weighted by molar-refractivity contribution is 5.98. The van der Waals surface area contributed by atoms with E-state index in [4.69, 9.17) is 28.4 Å². The zero-order valence-corrected chi connectivity index (χ0v) is 25.9. The number of amides is 1. The van der Waals surface area contributed by atoms with Crippen LogP contribution in [-0.4, -0.2) is 74.3 Å². The summed E-state index contributed by atoms with van der Waals surface area (Å²) in [5.41, 5.74) is 1.01. The molecule has 1 aromatic heterocycles. The summed E-state index contributed by atoms with van der Waals surface area (Å²) < 4.78 is 34.5. The average Bonchev–Trinajstić information content (AvgIpc) is 3.56. The molecular formula is C34H40N2O9. The minimum Gasteiger partial charge on any atom is -0.493 e. The Morgan fingerprint density at radius 2 is 1.82 bits per heavy atom. The van der Waals surface area contributed by atoms with Crippen molar-refractivity contribution in [2.75, 3.05) is 27.1 Å². The van der Waals surface area contributed by atoms with Crippen LogP contribution in [0, 0.1) is 5.92 Å². The Hall–Kier alpha value is -4.22. The summed E-state index contributed by atoms with van der Waals surface area (Å²) in [7, 11) is 1.40. The summed E-state index contributed by atoms with van der Waals surface area (Å²) in [4.78, 5) is 42.3. The van der Waals surface area contributed by atoms with Gasteiger partial charge in [0.15, 0.2) is 23.2 Å². The second-order valence-corrected chi connectivity index (χ2v) is 11.4. The van der Waals surface area contributed by atoms with E-state index in [0.29, 0.717) is 13.0 Å². The van der Waals surface area contributed by atoms with Gasteiger partial charge in [-0.15, -0.1) is 0 Å². The number of aromatic nitrogens is 1. The number of benzene rings is 2. The van der Waals surface area contributed by atoms with E-state index in [2.05, 4.69) is 34.6 Å². The van der Waals surface area contributed by atoms with Gasteiger partial charge >= 0.3 is 11.9 Å². The molecule has 0 unspecified atom stereocenters. The molecular weight excluding hydrogens is 580 g/mol. The number of methoxy groups -OCH3 is 1. The first-order valence-corrected chi connectivity index (χ1v) is 15.3. The molecule has 11 heteroatoms. The zero-order valence-electron chi connectivity index (χ0n) is 25.9. The Labute approximate surface area is 262 Å². The average molecular weight is 621 g/mol. The van der Waals surface area contributed by atoms with Crippen LogP contribution in [0.15, 0.2) is 54.7 Å². The summed E-state index contributed by atoms with van der Waals surface area (Å²) in [6, 6.07) is 14.9. The molecule has 3 aromatic rings. The molecule has 2 fully saturated rings. The van der Waals surface area contributed by atoms with E-state index in [1.54, 1.807) is 0 Å². The van der Waals surface area contributed by atoms with Crippen LogP contribution in [0.3, 0.4) is 0 Å². The van der Waals surface area contributed by atoms with Gasteiger partial charge in [0.2, 0.25) is 6.79 Å². The minimum atomic E-state index is -1.13. The Balaban J connectivity index is 1.36. The lowest BCUT2D eigenvalue weighted by atomic mass is 9.89. The molecule has 0 spiro atoms. The Morgan fingerprint density at radius 1 is 1.04 bits per heavy atom. The van der Waals surface area contributed by atoms with Crippen molar-refractivity contribution in [3.05, 3.63) is 66.0 Å². The number of hydrogen-bond acceptors (Lipinski definition) is 10. The highest BCUT2D eigenvalue weighted by Crippen LogP contribution is 2.32. The predicted molar refractivity (Wildman–Crippen MR) is 164 cm³/mol. The van der Waals surface area contributed by atoms with Crippen LogP contribution >= 0.6 is 0 Å². The number of carbonyl (C=O) groups excluding carboxylic acids is 3. The maximum atomic E-state index is 13.5. The van der Waals surface area contributed by atoms with Crippen molar-refractivity contribution < 1.29 is 42.8 Å². The molecule has 4 atom stereocenters. The molecule has 1 amide bonds. The number of nitrogens with zero attached hydrogens (tertiary/aromatic N) is 1. The summed E-state index contributed by atoms with van der Waals surface area (Å²) >= 11 is 0. The quantitative estimate of drug-likeness (QED) is 0.257. The second kappa shape index (κ2) is 15.2. The Morgan fingerprint density at radius 3 is 2.60 bits per heavy atom. The van der Waals surface area contributed by atoms with Crippen LogP contribution in [0.1, 0.15) is 55.6 Å². The lowest BCUT2D eigenvalue weighted by Crippen LogP contribution is -2.47. The van der Waals surface area contributed by atoms with Crippen molar-refractivity contribution in [3.8, 4) is 11.5 Å². The van der Waals surface area contributed by atoms with Gasteiger partial charge in [0.1, 0.15) is 6.10 Å². The molecule has 11 nitrogen and oxygen atoms in total. The number of ether oxygens (including phenoxy) is 6. The van der Waals surface area contributed by atoms with Crippen LogP contribution in [0.4, 0.5) is 0 Å². The van der Waals surface area contributed by atoms with Crippen LogP contribution in [-0.2, 0) is 35.0 Å². The number of carbonyl (C=O) groups is 3. The smallest absolute Gasteiger partial charge is 0.331 e. The molecule has 1 saturated carbocycles. The summed E-state index contributed by atoms with van der Waals surface area (Å²) in [5, 5.41) is 4.99. The van der Waals surface area contributed by atoms with Gasteiger partial charge in [0.25, 0.3) is 5.91 Å². The Kier molecular flexibility index (Phi) is 10.9. The fraction of sp³-hybridized carbons (Fsp3) is 0.471. The van der Waals surface area contributed by atoms with E-state index in [9.17, 15) is 14.4 Å². The summed E-state index contributed by atoms with van der Waals surface area (Å²) in [5.74, 6) is -1.87. The molecule has 1 aliphatic carbocycles. The number of nitrogens with one attached hydrogen (secondary N) is 1. The fourth-order valence-electron chi connectivity index (χ4n) is 6.00. The third kappa shape index (κ3) is 8.09. The van der Waals surface area contributed by atoms with Gasteiger partial charge in [-0.3, -0.25) is 9.59 Å². The number of fused-ring (bicyclic) bond motifs is 1. The third-order valence-electron chi connectivity index (χ3n) is 8.22. The highest BCUT2D eigenvalue weighted by Gasteiger charge is 2.38. The maximum Gasteiger partial charge on any atom is 0.331 e. The first-order valence-electron chi connectivity index (χ1n) is 15.3. The lowest BCUT2D eigenvalue weighted by Gasteiger charge is -2.33. The predicted octanol–water partition coefficient (Wildman–Crippen LogP) is 4.39. The standard InChI is InChI=1S/C34H40N2O9/c1-21-31(45-26-12-5-6-13-26)25(17-24-11-8-10-23-9-4-7-14-27(23)24)18-41-19-28(34(39)44-21)36-33(38)30-32(43-20-42-22(2)37)29(40-3)15-16-35-30/h4,7-11,14-16,21,25-26,28,31H,5-6,12-13,17-20H2,1-3H3,(H,36,38)/t21-,25-,28-,31-/m0/s1. The monoisotopic (exact) mass is 620 g/mol. The molecule has 45 heavy (non-hydrogen) atoms. The third-order valence-corrected chi connectivity index (χ3v) is 8.22. The van der Waals surface area contributed by atoms with Gasteiger partial charge < -0.3 is 33.7 Å². The van der Waals surface area contributed by atoms with E-state index >= 15 is 0 Å². The fourth-order valence-corrected chi connectivity index (χ4v) is 6.00. The minimum absolute atomic E-state index is 0.0374. The van der Waals surface area contributed by atoms with E-state index in [1.165, 1.54) is 26.3 Å². The number of hydrogen-bond donors (Lipinski definition) is 1. The van der Waals surface area contributed by atoms with Crippen molar-refractivity contribution in [2.45, 2.75) is 70.3 Å². The number of cyclic esters (lactones) is 1. The van der Waals surface area contributed by atoms with Crippen LogP contribution in [0.2, 0.25) is 0 Å². The molecule has 1 N–H and O–H groups in total. The van der Waals surface area contributed by atoms with Crippen LogP contribution in [0.5, 0.6) is 11.5 Å². The van der Waals surface area contributed by atoms with Crippen molar-refractivity contribution in [2.24, 2.45) is 5.92 Å². The largest absolute Gasteiger partial charge is 0.493 e. The molecule has 1 aliphatic heterocycles. The number of rotatable bonds is 10. The molecule has 240 valence electrons. The molecule has 2 aliphatic rings. The number of pyridine rings is 1. The van der Waals surface area contributed by atoms with Gasteiger partial charge in [0.05, 0.1) is 32.5 Å². The normalized spacial score (nSPS) is 22.5. The lowest BCUT2D eigenvalue weighted by molar-refractivity contribution is -0.164. The van der Waals surface area contributed by atoms with Crippen molar-refractivity contribution in [1.82, 2.24) is 10.3 Å². The van der Waals surface area contributed by atoms with Crippen LogP contribution in [0.25, 0.3) is 10.8 Å². The highest BCUT2D eigenvalue weighted by atomic mass is 16.7. The van der Waals surface area contributed by atoms with Gasteiger partial charge in [-0.1, -0.05) is 55.3 Å². The van der Waals surface area contributed by atoms with Gasteiger partial charge in [-0.2, -0.15) is 0 Å². The molecule has 2 aromatic carbocycles. The van der Waals surface area contributed by atoms with E-state index < -0.39 is 42.9 Å². The summed E-state index contributed by atoms with van der Waals surface area (Å²) in [6.07, 6.45) is 5.25. The number of esters is 2. The summed E-state index contributed by atoms with van der Waals surface area (Å²) in [6.45, 7) is 2.79. The topological polar surface area (TPSA) is 132 Å². The second-order valence-electron chi connectivity index (χ2n) is 11.4. The van der Waals surface area contributed by atoms with Crippen molar-refractivity contribution >= 4 is 28.6 Å². The SMILES string of the molecule is COc1ccnc(C(=O)N[C@H]2COC[C@H](Cc3cccc4ccccc34)[C@@H](OC3CCCC3)[C@H](C)OC2=O)c1OCOC(C)=O. The molecule has 5 rings (SSSR count). The first-order chi connectivity index (χ1) is 21.8. The van der Waals surface area contributed by atoms with E-state index in [1.807, 2.05) is 25.1 Å². The zero-order chi connectivity index (χ0) is 31.8. The first kappa shape index (κ1) is 32.2. The molecule has 2 heterocycles. The molecule has 0 bridgehead atoms. The van der Waals surface area contributed by atoms with Gasteiger partial charge in [-0.25, -0.2) is 9.78 Å². The molecule has 1 saturated heterocycles. The van der Waals surface area contributed by atoms with Crippen LogP contribution < -0.4 is 14.8 Å². The van der Waals surface area contributed by atoms with Gasteiger partial charge in [-0.05, 0) is 42.5 Å². The molecule has 0 radical (unpaired) electrons.